The number of para-hydroxylation sites is 2. The lowest BCUT2D eigenvalue weighted by Gasteiger charge is -2.26. The first-order valence-electron chi connectivity index (χ1n) is 11.0. The van der Waals surface area contributed by atoms with Crippen LogP contribution in [-0.4, -0.2) is 54.1 Å². The molecule has 1 fully saturated rings. The van der Waals surface area contributed by atoms with E-state index >= 15 is 0 Å². The molecule has 2 aromatic heterocycles. The number of nitrogens with zero attached hydrogens (tertiary/aromatic N) is 3. The number of furan rings is 1. The van der Waals surface area contributed by atoms with Crippen molar-refractivity contribution in [2.24, 2.45) is 0 Å². The Balaban J connectivity index is 1.32. The highest BCUT2D eigenvalue weighted by atomic mass is 16.5. The molecule has 6 nitrogen and oxygen atoms in total. The van der Waals surface area contributed by atoms with E-state index in [1.54, 1.807) is 0 Å². The molecule has 4 aromatic rings. The molecule has 3 heterocycles. The highest BCUT2D eigenvalue weighted by Gasteiger charge is 2.16. The SMILES string of the molecule is c1ccc(-n2cc(CNCCCN3CCOCC3)c(-c3cc4ccccc4o3)n2)cc1. The largest absolute Gasteiger partial charge is 0.454 e. The lowest BCUT2D eigenvalue weighted by Crippen LogP contribution is -2.37. The summed E-state index contributed by atoms with van der Waals surface area (Å²) in [5.41, 5.74) is 3.95. The summed E-state index contributed by atoms with van der Waals surface area (Å²) in [5, 5.41) is 9.57. The molecule has 6 heteroatoms. The van der Waals surface area contributed by atoms with Crippen LogP contribution in [0.2, 0.25) is 0 Å². The summed E-state index contributed by atoms with van der Waals surface area (Å²) in [6.45, 7) is 6.62. The summed E-state index contributed by atoms with van der Waals surface area (Å²) < 4.78 is 13.5. The number of fused-ring (bicyclic) bond motifs is 1. The molecule has 31 heavy (non-hydrogen) atoms. The van der Waals surface area contributed by atoms with Crippen LogP contribution in [0.4, 0.5) is 0 Å². The van der Waals surface area contributed by atoms with Gasteiger partial charge in [0, 0.05) is 36.8 Å². The van der Waals surface area contributed by atoms with Gasteiger partial charge in [0.05, 0.1) is 18.9 Å². The van der Waals surface area contributed by atoms with E-state index in [-0.39, 0.29) is 0 Å². The van der Waals surface area contributed by atoms with Gasteiger partial charge in [0.2, 0.25) is 0 Å². The highest BCUT2D eigenvalue weighted by molar-refractivity contribution is 5.82. The summed E-state index contributed by atoms with van der Waals surface area (Å²) >= 11 is 0. The average Bonchev–Trinajstić information content (AvgIpc) is 3.44. The molecule has 0 amide bonds. The van der Waals surface area contributed by atoms with Crippen LogP contribution in [0.25, 0.3) is 28.1 Å². The van der Waals surface area contributed by atoms with E-state index in [1.165, 1.54) is 0 Å². The van der Waals surface area contributed by atoms with Crippen LogP contribution in [0.3, 0.4) is 0 Å². The molecule has 0 aliphatic carbocycles. The Morgan fingerprint density at radius 2 is 1.77 bits per heavy atom. The van der Waals surface area contributed by atoms with Gasteiger partial charge in [0.1, 0.15) is 11.3 Å². The van der Waals surface area contributed by atoms with E-state index in [4.69, 9.17) is 14.3 Å². The number of aromatic nitrogens is 2. The van der Waals surface area contributed by atoms with Gasteiger partial charge in [-0.05, 0) is 43.8 Å². The number of ether oxygens (including phenoxy) is 1. The fourth-order valence-corrected chi connectivity index (χ4v) is 4.03. The van der Waals surface area contributed by atoms with Crippen molar-refractivity contribution in [3.63, 3.8) is 0 Å². The van der Waals surface area contributed by atoms with Crippen molar-refractivity contribution in [3.05, 3.63) is 72.4 Å². The monoisotopic (exact) mass is 416 g/mol. The second-order valence-electron chi connectivity index (χ2n) is 7.92. The van der Waals surface area contributed by atoms with Crippen molar-refractivity contribution >= 4 is 11.0 Å². The minimum atomic E-state index is 0.752. The van der Waals surface area contributed by atoms with Gasteiger partial charge in [-0.25, -0.2) is 4.68 Å². The van der Waals surface area contributed by atoms with Gasteiger partial charge in [-0.15, -0.1) is 0 Å². The molecule has 1 aliphatic rings. The van der Waals surface area contributed by atoms with Gasteiger partial charge in [0.15, 0.2) is 5.76 Å². The molecule has 2 aromatic carbocycles. The van der Waals surface area contributed by atoms with E-state index in [1.807, 2.05) is 41.1 Å². The predicted octanol–water partition coefficient (Wildman–Crippen LogP) is 4.10. The average molecular weight is 417 g/mol. The molecule has 1 saturated heterocycles. The van der Waals surface area contributed by atoms with Crippen LogP contribution >= 0.6 is 0 Å². The van der Waals surface area contributed by atoms with Crippen LogP contribution in [0.15, 0.2) is 71.3 Å². The third-order valence-corrected chi connectivity index (χ3v) is 5.72. The first kappa shape index (κ1) is 20.0. The Bertz CT molecular complexity index is 1080. The normalized spacial score (nSPS) is 15.0. The molecule has 0 radical (unpaired) electrons. The maximum Gasteiger partial charge on any atom is 0.156 e. The zero-order valence-electron chi connectivity index (χ0n) is 17.7. The van der Waals surface area contributed by atoms with E-state index in [0.717, 1.165) is 86.0 Å². The fourth-order valence-electron chi connectivity index (χ4n) is 4.03. The number of hydrogen-bond donors (Lipinski definition) is 1. The smallest absolute Gasteiger partial charge is 0.156 e. The minimum Gasteiger partial charge on any atom is -0.454 e. The Kier molecular flexibility index (Phi) is 6.11. The van der Waals surface area contributed by atoms with E-state index in [2.05, 4.69) is 40.7 Å². The van der Waals surface area contributed by atoms with Gasteiger partial charge in [-0.1, -0.05) is 36.4 Å². The molecule has 1 N–H and O–H groups in total. The molecule has 0 unspecified atom stereocenters. The lowest BCUT2D eigenvalue weighted by molar-refractivity contribution is 0.0374. The quantitative estimate of drug-likeness (QED) is 0.438. The van der Waals surface area contributed by atoms with Gasteiger partial charge in [0.25, 0.3) is 0 Å². The first-order valence-corrected chi connectivity index (χ1v) is 11.0. The molecule has 0 bridgehead atoms. The molecular formula is C25H28N4O2. The lowest BCUT2D eigenvalue weighted by atomic mass is 10.2. The van der Waals surface area contributed by atoms with Crippen LogP contribution < -0.4 is 5.32 Å². The summed E-state index contributed by atoms with van der Waals surface area (Å²) in [4.78, 5) is 2.47. The van der Waals surface area contributed by atoms with Gasteiger partial charge < -0.3 is 14.5 Å². The van der Waals surface area contributed by atoms with Crippen LogP contribution in [0.1, 0.15) is 12.0 Å². The Morgan fingerprint density at radius 3 is 2.61 bits per heavy atom. The molecule has 160 valence electrons. The van der Waals surface area contributed by atoms with E-state index < -0.39 is 0 Å². The van der Waals surface area contributed by atoms with Crippen molar-refractivity contribution in [1.29, 1.82) is 0 Å². The summed E-state index contributed by atoms with van der Waals surface area (Å²) in [6, 6.07) is 20.4. The van der Waals surface area contributed by atoms with Crippen LogP contribution in [0.5, 0.6) is 0 Å². The number of hydrogen-bond acceptors (Lipinski definition) is 5. The van der Waals surface area contributed by atoms with Crippen molar-refractivity contribution in [3.8, 4) is 17.1 Å². The topological polar surface area (TPSA) is 55.5 Å². The van der Waals surface area contributed by atoms with Crippen molar-refractivity contribution in [1.82, 2.24) is 20.0 Å². The van der Waals surface area contributed by atoms with Crippen molar-refractivity contribution in [2.75, 3.05) is 39.4 Å². The maximum atomic E-state index is 6.13. The summed E-state index contributed by atoms with van der Waals surface area (Å²) in [5.74, 6) is 0.806. The zero-order valence-corrected chi connectivity index (χ0v) is 17.7. The standard InChI is InChI=1S/C25H28N4O2/c1-2-8-22(9-3-1)29-19-21(18-26-11-6-12-28-13-15-30-16-14-28)25(27-29)24-17-20-7-4-5-10-23(20)31-24/h1-5,7-10,17,19,26H,6,11-16,18H2. The van der Waals surface area contributed by atoms with Gasteiger partial charge in [-0.3, -0.25) is 4.90 Å². The molecule has 0 spiro atoms. The molecule has 0 atom stereocenters. The number of nitrogens with one attached hydrogen (secondary N) is 1. The van der Waals surface area contributed by atoms with Crippen LogP contribution in [-0.2, 0) is 11.3 Å². The van der Waals surface area contributed by atoms with Gasteiger partial charge in [-0.2, -0.15) is 5.10 Å². The van der Waals surface area contributed by atoms with E-state index in [9.17, 15) is 0 Å². The van der Waals surface area contributed by atoms with E-state index in [0.29, 0.717) is 0 Å². The summed E-state index contributed by atoms with van der Waals surface area (Å²) in [7, 11) is 0. The Hall–Kier alpha value is -2.93. The molecule has 5 rings (SSSR count). The molecular weight excluding hydrogens is 388 g/mol. The third-order valence-electron chi connectivity index (χ3n) is 5.72. The van der Waals surface area contributed by atoms with Crippen LogP contribution in [0, 0.1) is 0 Å². The number of morpholine rings is 1. The molecule has 0 saturated carbocycles. The number of rotatable bonds is 8. The summed E-state index contributed by atoms with van der Waals surface area (Å²) in [6.07, 6.45) is 3.22. The fraction of sp³-hybridized carbons (Fsp3) is 0.320. The predicted molar refractivity (Wildman–Crippen MR) is 122 cm³/mol. The Labute approximate surface area is 182 Å². The Morgan fingerprint density at radius 1 is 0.968 bits per heavy atom. The third kappa shape index (κ3) is 4.71. The number of benzene rings is 2. The zero-order chi connectivity index (χ0) is 20.9. The second kappa shape index (κ2) is 9.47. The van der Waals surface area contributed by atoms with Crippen molar-refractivity contribution in [2.45, 2.75) is 13.0 Å². The first-order chi connectivity index (χ1) is 15.4. The minimum absolute atomic E-state index is 0.752. The molecule has 1 aliphatic heterocycles. The maximum absolute atomic E-state index is 6.13. The van der Waals surface area contributed by atoms with Crippen molar-refractivity contribution < 1.29 is 9.15 Å². The van der Waals surface area contributed by atoms with Gasteiger partial charge >= 0.3 is 0 Å². The highest BCUT2D eigenvalue weighted by Crippen LogP contribution is 2.29. The second-order valence-corrected chi connectivity index (χ2v) is 7.92.